The lowest BCUT2D eigenvalue weighted by Crippen LogP contribution is -2.58. The summed E-state index contributed by atoms with van der Waals surface area (Å²) in [6.07, 6.45) is 6.34. The molecule has 0 radical (unpaired) electrons. The second-order valence-electron chi connectivity index (χ2n) is 11.4. The summed E-state index contributed by atoms with van der Waals surface area (Å²) in [5.41, 5.74) is -0.972. The second kappa shape index (κ2) is 12.3. The molecule has 4 rings (SSSR count). The van der Waals surface area contributed by atoms with Crippen molar-refractivity contribution >= 4 is 17.7 Å². The SMILES string of the molecule is C=CCN(Cc1ccccc1)C(=O)C1N([C@@H](CC)CO)C(=O)[C@@H]2[C@@H](C(=O)N(CC=C)CCC)[C@@]3(CC)CCC12O3. The lowest BCUT2D eigenvalue weighted by Gasteiger charge is -2.39. The number of benzene rings is 1. The molecule has 0 saturated carbocycles. The summed E-state index contributed by atoms with van der Waals surface area (Å²) < 4.78 is 6.92. The van der Waals surface area contributed by atoms with E-state index in [0.29, 0.717) is 51.9 Å². The van der Waals surface area contributed by atoms with Gasteiger partial charge in [0.25, 0.3) is 0 Å². The molecule has 6 atom stereocenters. The zero-order valence-corrected chi connectivity index (χ0v) is 24.3. The molecule has 3 heterocycles. The molecule has 3 saturated heterocycles. The van der Waals surface area contributed by atoms with Gasteiger partial charge in [0.1, 0.15) is 11.6 Å². The number of hydrogen-bond donors (Lipinski definition) is 1. The van der Waals surface area contributed by atoms with Crippen molar-refractivity contribution in [3.63, 3.8) is 0 Å². The predicted octanol–water partition coefficient (Wildman–Crippen LogP) is 3.55. The number of ether oxygens (including phenoxy) is 1. The van der Waals surface area contributed by atoms with Gasteiger partial charge in [-0.3, -0.25) is 14.4 Å². The van der Waals surface area contributed by atoms with Crippen LogP contribution in [0, 0.1) is 11.8 Å². The fourth-order valence-electron chi connectivity index (χ4n) is 7.40. The molecule has 8 heteroatoms. The van der Waals surface area contributed by atoms with Gasteiger partial charge in [-0.2, -0.15) is 0 Å². The zero-order valence-electron chi connectivity index (χ0n) is 24.3. The van der Waals surface area contributed by atoms with Crippen LogP contribution in [0.1, 0.15) is 58.4 Å². The molecule has 2 bridgehead atoms. The maximum Gasteiger partial charge on any atom is 0.249 e. The molecule has 0 aromatic heterocycles. The normalized spacial score (nSPS) is 29.2. The Hall–Kier alpha value is -2.97. The molecular weight excluding hydrogens is 506 g/mol. The summed E-state index contributed by atoms with van der Waals surface area (Å²) in [5.74, 6) is -2.08. The topological polar surface area (TPSA) is 90.4 Å². The standard InChI is InChI=1S/C32H45N3O5/c1-6-18-33(19-7-2)28(37)25-26-29(38)35(24(9-4)22-36)27(32(26)17-16-31(25,10-5)40-32)30(39)34(20-8-3)21-23-14-12-11-13-15-23/h6,8,11-15,24-27,36H,1,3,7,9-10,16-22H2,2,4-5H3/t24-,25-,26-,27?,31+,32?/m0/s1. The number of fused-ring (bicyclic) bond motifs is 1. The van der Waals surface area contributed by atoms with Crippen molar-refractivity contribution < 1.29 is 24.2 Å². The first-order chi connectivity index (χ1) is 19.3. The average Bonchev–Trinajstić information content (AvgIpc) is 3.57. The second-order valence-corrected chi connectivity index (χ2v) is 11.4. The van der Waals surface area contributed by atoms with Gasteiger partial charge in [-0.25, -0.2) is 0 Å². The molecule has 40 heavy (non-hydrogen) atoms. The molecule has 8 nitrogen and oxygen atoms in total. The van der Waals surface area contributed by atoms with Crippen molar-refractivity contribution in [1.29, 1.82) is 0 Å². The first-order valence-electron chi connectivity index (χ1n) is 14.8. The van der Waals surface area contributed by atoms with Crippen LogP contribution in [-0.4, -0.2) is 87.1 Å². The van der Waals surface area contributed by atoms with E-state index in [2.05, 4.69) is 13.2 Å². The van der Waals surface area contributed by atoms with Crippen molar-refractivity contribution in [2.75, 3.05) is 26.2 Å². The number of carbonyl (C=O) groups excluding carboxylic acids is 3. The summed E-state index contributed by atoms with van der Waals surface area (Å²) >= 11 is 0. The summed E-state index contributed by atoms with van der Waals surface area (Å²) in [5, 5.41) is 10.3. The van der Waals surface area contributed by atoms with Gasteiger partial charge in [-0.05, 0) is 37.7 Å². The fraction of sp³-hybridized carbons (Fsp3) is 0.594. The fourth-order valence-corrected chi connectivity index (χ4v) is 7.40. The van der Waals surface area contributed by atoms with Gasteiger partial charge in [-0.15, -0.1) is 13.2 Å². The summed E-state index contributed by atoms with van der Waals surface area (Å²) in [7, 11) is 0. The summed E-state index contributed by atoms with van der Waals surface area (Å²) in [6.45, 7) is 14.9. The Balaban J connectivity index is 1.81. The highest BCUT2D eigenvalue weighted by atomic mass is 16.5. The minimum absolute atomic E-state index is 0.110. The third-order valence-electron chi connectivity index (χ3n) is 9.23. The number of aliphatic hydroxyl groups excluding tert-OH is 1. The van der Waals surface area contributed by atoms with E-state index in [1.165, 1.54) is 0 Å². The highest BCUT2D eigenvalue weighted by Crippen LogP contribution is 2.65. The molecule has 1 N–H and O–H groups in total. The van der Waals surface area contributed by atoms with Crippen LogP contribution in [0.15, 0.2) is 55.6 Å². The molecule has 0 aliphatic carbocycles. The van der Waals surface area contributed by atoms with Gasteiger partial charge in [0.15, 0.2) is 0 Å². The Morgan fingerprint density at radius 2 is 1.77 bits per heavy atom. The third kappa shape index (κ3) is 4.79. The molecular formula is C32H45N3O5. The number of aliphatic hydroxyl groups is 1. The molecule has 3 aliphatic rings. The van der Waals surface area contributed by atoms with E-state index in [0.717, 1.165) is 12.0 Å². The largest absolute Gasteiger partial charge is 0.394 e. The van der Waals surface area contributed by atoms with Crippen LogP contribution in [0.4, 0.5) is 0 Å². The van der Waals surface area contributed by atoms with Crippen molar-refractivity contribution in [3.05, 3.63) is 61.2 Å². The minimum atomic E-state index is -1.13. The predicted molar refractivity (Wildman–Crippen MR) is 154 cm³/mol. The maximum atomic E-state index is 14.6. The number of amides is 3. The van der Waals surface area contributed by atoms with Crippen LogP contribution in [0.25, 0.3) is 0 Å². The summed E-state index contributed by atoms with van der Waals surface area (Å²) in [6, 6.07) is 8.22. The van der Waals surface area contributed by atoms with E-state index in [-0.39, 0.29) is 24.3 Å². The lowest BCUT2D eigenvalue weighted by atomic mass is 9.64. The Labute approximate surface area is 238 Å². The summed E-state index contributed by atoms with van der Waals surface area (Å²) in [4.78, 5) is 48.3. The molecule has 3 fully saturated rings. The van der Waals surface area contributed by atoms with Crippen LogP contribution >= 0.6 is 0 Å². The zero-order chi connectivity index (χ0) is 29.1. The van der Waals surface area contributed by atoms with Crippen molar-refractivity contribution in [2.24, 2.45) is 11.8 Å². The number of carbonyl (C=O) groups is 3. The smallest absolute Gasteiger partial charge is 0.249 e. The monoisotopic (exact) mass is 551 g/mol. The first kappa shape index (κ1) is 30.0. The quantitative estimate of drug-likeness (QED) is 0.357. The van der Waals surface area contributed by atoms with E-state index >= 15 is 0 Å². The third-order valence-corrected chi connectivity index (χ3v) is 9.23. The van der Waals surface area contributed by atoms with Crippen LogP contribution in [0.2, 0.25) is 0 Å². The molecule has 1 aromatic rings. The van der Waals surface area contributed by atoms with Crippen LogP contribution < -0.4 is 0 Å². The Morgan fingerprint density at radius 1 is 1.10 bits per heavy atom. The Bertz CT molecular complexity index is 1110. The number of hydrogen-bond acceptors (Lipinski definition) is 5. The lowest BCUT2D eigenvalue weighted by molar-refractivity contribution is -0.158. The Morgan fingerprint density at radius 3 is 2.35 bits per heavy atom. The van der Waals surface area contributed by atoms with Crippen LogP contribution in [-0.2, 0) is 25.7 Å². The van der Waals surface area contributed by atoms with E-state index in [4.69, 9.17) is 4.74 Å². The van der Waals surface area contributed by atoms with Gasteiger partial charge >= 0.3 is 0 Å². The average molecular weight is 552 g/mol. The molecule has 3 aliphatic heterocycles. The first-order valence-corrected chi connectivity index (χ1v) is 14.8. The molecule has 1 spiro atoms. The number of nitrogens with zero attached hydrogens (tertiary/aromatic N) is 3. The van der Waals surface area contributed by atoms with E-state index in [9.17, 15) is 19.5 Å². The highest BCUT2D eigenvalue weighted by Gasteiger charge is 2.79. The van der Waals surface area contributed by atoms with Gasteiger partial charge in [0.05, 0.1) is 30.1 Å². The molecule has 1 aromatic carbocycles. The maximum absolute atomic E-state index is 14.6. The van der Waals surface area contributed by atoms with E-state index < -0.39 is 35.1 Å². The van der Waals surface area contributed by atoms with E-state index in [1.54, 1.807) is 26.9 Å². The van der Waals surface area contributed by atoms with Gasteiger partial charge < -0.3 is 24.5 Å². The highest BCUT2D eigenvalue weighted by molar-refractivity contribution is 5.99. The van der Waals surface area contributed by atoms with Gasteiger partial charge in [0, 0.05) is 26.2 Å². The van der Waals surface area contributed by atoms with Crippen molar-refractivity contribution in [3.8, 4) is 0 Å². The Kier molecular flexibility index (Phi) is 9.20. The molecule has 3 amide bonds. The minimum Gasteiger partial charge on any atom is -0.394 e. The van der Waals surface area contributed by atoms with Crippen LogP contribution in [0.3, 0.4) is 0 Å². The van der Waals surface area contributed by atoms with Crippen molar-refractivity contribution in [2.45, 2.75) is 82.7 Å². The van der Waals surface area contributed by atoms with Gasteiger partial charge in [0.2, 0.25) is 17.7 Å². The molecule has 218 valence electrons. The van der Waals surface area contributed by atoms with E-state index in [1.807, 2.05) is 51.1 Å². The number of likely N-dealkylation sites (tertiary alicyclic amines) is 1. The molecule has 2 unspecified atom stereocenters. The van der Waals surface area contributed by atoms with Crippen molar-refractivity contribution in [1.82, 2.24) is 14.7 Å². The number of rotatable bonds is 14. The van der Waals surface area contributed by atoms with Gasteiger partial charge in [-0.1, -0.05) is 63.3 Å². The van der Waals surface area contributed by atoms with Crippen LogP contribution in [0.5, 0.6) is 0 Å².